The molecule has 4 nitrogen and oxygen atoms in total. The quantitative estimate of drug-likeness (QED) is 0.610. The molecule has 0 fully saturated rings. The van der Waals surface area contributed by atoms with Crippen molar-refractivity contribution in [3.63, 3.8) is 0 Å². The minimum Gasteiger partial charge on any atom is -0.588 e. The zero-order valence-electron chi connectivity index (χ0n) is 12.0. The summed E-state index contributed by atoms with van der Waals surface area (Å²) in [6.45, 7) is 3.99. The van der Waals surface area contributed by atoms with E-state index >= 15 is 0 Å². The van der Waals surface area contributed by atoms with Gasteiger partial charge in [-0.1, -0.05) is 19.9 Å². The number of benzene rings is 2. The number of nitrogens with zero attached hydrogens (tertiary/aromatic N) is 1. The number of halogens is 1. The van der Waals surface area contributed by atoms with Gasteiger partial charge in [0.05, 0.1) is 10.5 Å². The molecule has 0 saturated carbocycles. The minimum absolute atomic E-state index is 0.0196. The highest BCUT2D eigenvalue weighted by Crippen LogP contribution is 2.46. The SMILES string of the molecule is CC(C)c1ccc2c(c1)SC(=O)c1ccc(F)cc1[N+]2([O-])O. The van der Waals surface area contributed by atoms with Gasteiger partial charge in [-0.3, -0.25) is 4.79 Å². The first kappa shape index (κ1) is 15.2. The molecule has 0 spiro atoms. The molecule has 0 radical (unpaired) electrons. The largest absolute Gasteiger partial charge is 0.588 e. The Hall–Kier alpha value is -1.73. The predicted molar refractivity (Wildman–Crippen MR) is 83.7 cm³/mol. The molecular formula is C16H14FNO3S. The Morgan fingerprint density at radius 3 is 2.59 bits per heavy atom. The highest BCUT2D eigenvalue weighted by molar-refractivity contribution is 8.14. The number of quaternary nitrogens is 1. The third-order valence-corrected chi connectivity index (χ3v) is 4.64. The van der Waals surface area contributed by atoms with Crippen molar-refractivity contribution >= 4 is 28.3 Å². The Kier molecular flexibility index (Phi) is 3.57. The third-order valence-electron chi connectivity index (χ3n) is 3.69. The van der Waals surface area contributed by atoms with Gasteiger partial charge in [-0.15, -0.1) is 4.81 Å². The van der Waals surface area contributed by atoms with Gasteiger partial charge >= 0.3 is 0 Å². The first-order valence-electron chi connectivity index (χ1n) is 6.80. The molecule has 2 aromatic carbocycles. The van der Waals surface area contributed by atoms with E-state index in [-0.39, 0.29) is 28.0 Å². The zero-order valence-corrected chi connectivity index (χ0v) is 12.9. The molecule has 2 aromatic rings. The van der Waals surface area contributed by atoms with Crippen LogP contribution in [0.1, 0.15) is 35.7 Å². The average molecular weight is 319 g/mol. The van der Waals surface area contributed by atoms with Crippen LogP contribution >= 0.6 is 11.8 Å². The van der Waals surface area contributed by atoms with Crippen LogP contribution in [0.5, 0.6) is 0 Å². The first-order valence-corrected chi connectivity index (χ1v) is 7.62. The Bertz CT molecular complexity index is 774. The van der Waals surface area contributed by atoms with Crippen molar-refractivity contribution in [1.82, 2.24) is 4.81 Å². The molecule has 0 amide bonds. The van der Waals surface area contributed by atoms with E-state index < -0.39 is 10.6 Å². The summed E-state index contributed by atoms with van der Waals surface area (Å²) in [5.41, 5.74) is 0.697. The highest BCUT2D eigenvalue weighted by Gasteiger charge is 2.36. The third kappa shape index (κ3) is 2.34. The summed E-state index contributed by atoms with van der Waals surface area (Å²) < 4.78 is 13.5. The fourth-order valence-corrected chi connectivity index (χ4v) is 3.41. The molecule has 0 aromatic heterocycles. The molecule has 1 aliphatic rings. The van der Waals surface area contributed by atoms with Crippen LogP contribution in [0.2, 0.25) is 0 Å². The molecule has 0 bridgehead atoms. The standard InChI is InChI=1S/C16H14FNO3S/c1-9(2)10-3-6-13-15(7-10)22-16(19)12-5-4-11(17)8-14(12)18(13,20)21/h3-9,20H,1-2H3. The number of fused-ring (bicyclic) bond motifs is 2. The summed E-state index contributed by atoms with van der Waals surface area (Å²) in [5.74, 6) is -0.456. The summed E-state index contributed by atoms with van der Waals surface area (Å²) in [4.78, 5) is 10.8. The topological polar surface area (TPSA) is 60.4 Å². The van der Waals surface area contributed by atoms with E-state index in [9.17, 15) is 19.6 Å². The number of hydrogen-bond donors (Lipinski definition) is 1. The van der Waals surface area contributed by atoms with Gasteiger partial charge in [-0.25, -0.2) is 9.60 Å². The number of rotatable bonds is 1. The number of thioether (sulfide) groups is 1. The molecule has 6 heteroatoms. The summed E-state index contributed by atoms with van der Waals surface area (Å²) in [6.07, 6.45) is 0. The van der Waals surface area contributed by atoms with Crippen molar-refractivity contribution in [1.29, 1.82) is 0 Å². The van der Waals surface area contributed by atoms with Crippen LogP contribution in [0.25, 0.3) is 0 Å². The molecule has 3 rings (SSSR count). The normalized spacial score (nSPS) is 20.5. The van der Waals surface area contributed by atoms with Crippen LogP contribution in [0.15, 0.2) is 41.3 Å². The lowest BCUT2D eigenvalue weighted by atomic mass is 10.0. The molecule has 1 atom stereocenters. The lowest BCUT2D eigenvalue weighted by molar-refractivity contribution is 0.0246. The van der Waals surface area contributed by atoms with E-state index in [1.54, 1.807) is 12.1 Å². The van der Waals surface area contributed by atoms with Crippen molar-refractivity contribution in [3.8, 4) is 0 Å². The Morgan fingerprint density at radius 2 is 1.91 bits per heavy atom. The Balaban J connectivity index is 2.27. The van der Waals surface area contributed by atoms with E-state index in [1.165, 1.54) is 12.1 Å². The van der Waals surface area contributed by atoms with Gasteiger partial charge in [-0.2, -0.15) is 0 Å². The fraction of sp³-hybridized carbons (Fsp3) is 0.188. The van der Waals surface area contributed by atoms with E-state index in [2.05, 4.69) is 0 Å². The monoisotopic (exact) mass is 319 g/mol. The van der Waals surface area contributed by atoms with Gasteiger partial charge in [0.2, 0.25) is 5.12 Å². The highest BCUT2D eigenvalue weighted by atomic mass is 32.2. The number of carbonyl (C=O) groups is 1. The number of hydrogen-bond acceptors (Lipinski definition) is 4. The van der Waals surface area contributed by atoms with Gasteiger partial charge in [0.25, 0.3) is 0 Å². The lowest BCUT2D eigenvalue weighted by Crippen LogP contribution is -2.34. The minimum atomic E-state index is -1.89. The van der Waals surface area contributed by atoms with Crippen molar-refractivity contribution in [2.45, 2.75) is 24.7 Å². The maximum absolute atomic E-state index is 13.5. The fourth-order valence-electron chi connectivity index (χ4n) is 2.43. The van der Waals surface area contributed by atoms with Gasteiger partial charge in [-0.05, 0) is 41.4 Å². The molecule has 114 valence electrons. The summed E-state index contributed by atoms with van der Waals surface area (Å²) in [6, 6.07) is 8.21. The second-order valence-corrected chi connectivity index (χ2v) is 6.52. The predicted octanol–water partition coefficient (Wildman–Crippen LogP) is 4.72. The van der Waals surface area contributed by atoms with E-state index in [4.69, 9.17) is 0 Å². The van der Waals surface area contributed by atoms with Gasteiger partial charge in [0.1, 0.15) is 5.82 Å². The Labute approximate surface area is 131 Å². The maximum Gasteiger partial charge on any atom is 0.230 e. The van der Waals surface area contributed by atoms with Crippen LogP contribution < -0.4 is 4.81 Å². The lowest BCUT2D eigenvalue weighted by Gasteiger charge is -2.33. The molecule has 1 unspecified atom stereocenters. The van der Waals surface area contributed by atoms with Gasteiger partial charge in [0, 0.05) is 12.1 Å². The molecule has 0 saturated heterocycles. The van der Waals surface area contributed by atoms with Crippen molar-refractivity contribution < 1.29 is 14.4 Å². The smallest absolute Gasteiger partial charge is 0.230 e. The molecule has 0 aliphatic carbocycles. The van der Waals surface area contributed by atoms with Gasteiger partial charge in [0.15, 0.2) is 11.4 Å². The maximum atomic E-state index is 13.5. The number of carbonyl (C=O) groups excluding carboxylic acids is 1. The van der Waals surface area contributed by atoms with E-state index in [0.29, 0.717) is 4.90 Å². The summed E-state index contributed by atoms with van der Waals surface area (Å²) in [7, 11) is 0. The second kappa shape index (κ2) is 5.17. The van der Waals surface area contributed by atoms with Crippen LogP contribution in [-0.4, -0.2) is 10.3 Å². The Morgan fingerprint density at radius 1 is 1.18 bits per heavy atom. The molecule has 1 heterocycles. The average Bonchev–Trinajstić information content (AvgIpc) is 2.53. The van der Waals surface area contributed by atoms with Crippen molar-refractivity contribution in [2.75, 3.05) is 0 Å². The summed E-state index contributed by atoms with van der Waals surface area (Å²) >= 11 is 0.878. The molecular weight excluding hydrogens is 305 g/mol. The molecule has 1 N–H and O–H groups in total. The van der Waals surface area contributed by atoms with Crippen LogP contribution in [0.3, 0.4) is 0 Å². The zero-order chi connectivity index (χ0) is 16.1. The second-order valence-electron chi connectivity index (χ2n) is 5.51. The van der Waals surface area contributed by atoms with Crippen molar-refractivity contribution in [3.05, 3.63) is 58.5 Å². The van der Waals surface area contributed by atoms with E-state index in [0.717, 1.165) is 29.5 Å². The van der Waals surface area contributed by atoms with Crippen LogP contribution in [-0.2, 0) is 0 Å². The van der Waals surface area contributed by atoms with E-state index in [1.807, 2.05) is 13.8 Å². The van der Waals surface area contributed by atoms with Crippen molar-refractivity contribution in [2.24, 2.45) is 0 Å². The van der Waals surface area contributed by atoms with Gasteiger partial charge < -0.3 is 5.21 Å². The molecule has 1 aliphatic heterocycles. The van der Waals surface area contributed by atoms with Crippen LogP contribution in [0.4, 0.5) is 15.8 Å². The molecule has 22 heavy (non-hydrogen) atoms. The first-order chi connectivity index (χ1) is 10.3. The summed E-state index contributed by atoms with van der Waals surface area (Å²) in [5, 5.41) is 22.7. The van der Waals surface area contributed by atoms with Crippen LogP contribution in [0, 0.1) is 11.0 Å².